The maximum absolute atomic E-state index is 13.2. The molecule has 0 aliphatic heterocycles. The fraction of sp³-hybridized carbons (Fsp3) is 0.333. The maximum Gasteiger partial charge on any atom is 0.308 e. The van der Waals surface area contributed by atoms with E-state index in [0.717, 1.165) is 37.8 Å². The van der Waals surface area contributed by atoms with Crippen molar-refractivity contribution in [3.05, 3.63) is 93.5 Å². The van der Waals surface area contributed by atoms with Crippen LogP contribution < -0.4 is 5.32 Å². The summed E-state index contributed by atoms with van der Waals surface area (Å²) >= 11 is 3.65. The van der Waals surface area contributed by atoms with Crippen LogP contribution in [0, 0.1) is 13.8 Å². The minimum Gasteiger partial charge on any atom is -0.464 e. The second-order valence-corrected chi connectivity index (χ2v) is 11.2. The predicted octanol–water partition coefficient (Wildman–Crippen LogP) is 6.79. The van der Waals surface area contributed by atoms with Crippen LogP contribution >= 0.6 is 15.9 Å². The van der Waals surface area contributed by atoms with E-state index in [1.807, 2.05) is 100.0 Å². The number of furan rings is 1. The van der Waals surface area contributed by atoms with E-state index < -0.39 is 11.6 Å². The monoisotopic (exact) mass is 564 g/mol. The molecule has 0 bridgehead atoms. The molecule has 1 N–H and O–H groups in total. The molecule has 0 fully saturated rings. The first-order valence-corrected chi connectivity index (χ1v) is 13.2. The van der Waals surface area contributed by atoms with Gasteiger partial charge in [-0.3, -0.25) is 9.59 Å². The predicted molar refractivity (Wildman–Crippen MR) is 148 cm³/mol. The van der Waals surface area contributed by atoms with Crippen molar-refractivity contribution in [2.45, 2.75) is 65.6 Å². The van der Waals surface area contributed by atoms with E-state index in [9.17, 15) is 9.59 Å². The Bertz CT molecular complexity index is 1430. The molecule has 2 aromatic heterocycles. The second-order valence-electron chi connectivity index (χ2n) is 10.4. The number of nitrogens with zero attached hydrogens (tertiary/aromatic N) is 1. The van der Waals surface area contributed by atoms with Gasteiger partial charge in [0, 0.05) is 22.7 Å². The van der Waals surface area contributed by atoms with Gasteiger partial charge in [0.25, 0.3) is 0 Å². The Morgan fingerprint density at radius 3 is 2.51 bits per heavy atom. The lowest BCUT2D eigenvalue weighted by molar-refractivity contribution is -0.155. The highest BCUT2D eigenvalue weighted by molar-refractivity contribution is 9.10. The fourth-order valence-electron chi connectivity index (χ4n) is 4.33. The number of hydrogen-bond donors (Lipinski definition) is 1. The number of esters is 1. The van der Waals surface area contributed by atoms with Gasteiger partial charge in [-0.15, -0.1) is 0 Å². The van der Waals surface area contributed by atoms with E-state index in [-0.39, 0.29) is 18.3 Å². The van der Waals surface area contributed by atoms with Crippen molar-refractivity contribution < 1.29 is 18.7 Å². The number of benzene rings is 2. The van der Waals surface area contributed by atoms with Crippen molar-refractivity contribution in [2.75, 3.05) is 0 Å². The van der Waals surface area contributed by atoms with Crippen molar-refractivity contribution in [3.63, 3.8) is 0 Å². The van der Waals surface area contributed by atoms with Gasteiger partial charge in [-0.1, -0.05) is 34.1 Å². The van der Waals surface area contributed by atoms with Crippen molar-refractivity contribution in [1.29, 1.82) is 0 Å². The summed E-state index contributed by atoms with van der Waals surface area (Å²) in [6.45, 7) is 10.1. The average Bonchev–Trinajstić information content (AvgIpc) is 3.41. The van der Waals surface area contributed by atoms with Crippen molar-refractivity contribution in [3.8, 4) is 0 Å². The Labute approximate surface area is 226 Å². The number of aromatic nitrogens is 1. The topological polar surface area (TPSA) is 73.5 Å². The number of aryl methyl sites for hydroxylation is 3. The zero-order chi connectivity index (χ0) is 26.7. The van der Waals surface area contributed by atoms with Crippen LogP contribution in [0.1, 0.15) is 61.4 Å². The number of fused-ring (bicyclic) bond motifs is 1. The number of nitrogens with one attached hydrogen (secondary N) is 1. The zero-order valence-corrected chi connectivity index (χ0v) is 23.5. The molecule has 1 unspecified atom stereocenters. The van der Waals surface area contributed by atoms with Gasteiger partial charge in [0.15, 0.2) is 0 Å². The molecule has 4 aromatic rings. The maximum atomic E-state index is 13.2. The Kier molecular flexibility index (Phi) is 7.93. The summed E-state index contributed by atoms with van der Waals surface area (Å²) in [7, 11) is 0. The average molecular weight is 566 g/mol. The lowest BCUT2D eigenvalue weighted by atomic mass is 10.0. The molecule has 0 saturated heterocycles. The van der Waals surface area contributed by atoms with E-state index >= 15 is 0 Å². The van der Waals surface area contributed by atoms with Crippen LogP contribution in [0.25, 0.3) is 10.9 Å². The summed E-state index contributed by atoms with van der Waals surface area (Å²) < 4.78 is 14.3. The van der Waals surface area contributed by atoms with Crippen LogP contribution in [0.5, 0.6) is 0 Å². The highest BCUT2D eigenvalue weighted by atomic mass is 79.9. The second kappa shape index (κ2) is 11.0. The third kappa shape index (κ3) is 6.92. The molecule has 0 radical (unpaired) electrons. The number of rotatable bonds is 8. The van der Waals surface area contributed by atoms with Crippen molar-refractivity contribution >= 4 is 38.7 Å². The number of ether oxygens (including phenoxy) is 1. The molecule has 4 rings (SSSR count). The van der Waals surface area contributed by atoms with Gasteiger partial charge < -0.3 is 19.0 Å². The number of hydrogen-bond acceptors (Lipinski definition) is 4. The SMILES string of the molecule is Cc1ccc(C(NC(=O)Cc2ccc3c(ccn3CCC(=O)OC(C)(C)C)c2)c2ccc(C)o2)c(Br)c1. The molecule has 0 aliphatic rings. The van der Waals surface area contributed by atoms with Crippen LogP contribution in [0.15, 0.2) is 69.7 Å². The van der Waals surface area contributed by atoms with E-state index in [1.165, 1.54) is 0 Å². The Morgan fingerprint density at radius 2 is 1.84 bits per heavy atom. The lowest BCUT2D eigenvalue weighted by Crippen LogP contribution is -2.30. The van der Waals surface area contributed by atoms with E-state index in [1.54, 1.807) is 0 Å². The normalized spacial score (nSPS) is 12.5. The molecule has 0 aliphatic carbocycles. The fourth-order valence-corrected chi connectivity index (χ4v) is 5.06. The molecule has 37 heavy (non-hydrogen) atoms. The number of amides is 1. The molecule has 0 saturated carbocycles. The summed E-state index contributed by atoms with van der Waals surface area (Å²) in [5.74, 6) is 1.16. The first-order valence-electron chi connectivity index (χ1n) is 12.4. The molecule has 0 spiro atoms. The molecular formula is C30H33BrN2O4. The van der Waals surface area contributed by atoms with Gasteiger partial charge in [0.2, 0.25) is 5.91 Å². The van der Waals surface area contributed by atoms with Crippen molar-refractivity contribution in [2.24, 2.45) is 0 Å². The van der Waals surface area contributed by atoms with Gasteiger partial charge in [-0.05, 0) is 93.1 Å². The first-order chi connectivity index (χ1) is 17.5. The molecule has 7 heteroatoms. The highest BCUT2D eigenvalue weighted by Gasteiger charge is 2.23. The quantitative estimate of drug-likeness (QED) is 0.239. The largest absolute Gasteiger partial charge is 0.464 e. The minimum absolute atomic E-state index is 0.102. The van der Waals surface area contributed by atoms with Crippen LogP contribution in [0.2, 0.25) is 0 Å². The van der Waals surface area contributed by atoms with E-state index in [2.05, 4.69) is 21.2 Å². The summed E-state index contributed by atoms with van der Waals surface area (Å²) in [6, 6.07) is 17.4. The zero-order valence-electron chi connectivity index (χ0n) is 21.9. The van der Waals surface area contributed by atoms with Crippen LogP contribution in [0.3, 0.4) is 0 Å². The lowest BCUT2D eigenvalue weighted by Gasteiger charge is -2.19. The molecule has 1 atom stereocenters. The highest BCUT2D eigenvalue weighted by Crippen LogP contribution is 2.31. The smallest absolute Gasteiger partial charge is 0.308 e. The third-order valence-electron chi connectivity index (χ3n) is 5.99. The van der Waals surface area contributed by atoms with E-state index in [0.29, 0.717) is 18.7 Å². The van der Waals surface area contributed by atoms with Crippen LogP contribution in [-0.4, -0.2) is 22.0 Å². The van der Waals surface area contributed by atoms with Gasteiger partial charge >= 0.3 is 5.97 Å². The summed E-state index contributed by atoms with van der Waals surface area (Å²) in [4.78, 5) is 25.3. The minimum atomic E-state index is -0.490. The summed E-state index contributed by atoms with van der Waals surface area (Å²) in [6.07, 6.45) is 2.50. The Balaban J connectivity index is 1.47. The Hall–Kier alpha value is -3.32. The number of carbonyl (C=O) groups excluding carboxylic acids is 2. The molecule has 2 aromatic carbocycles. The molecule has 6 nitrogen and oxygen atoms in total. The van der Waals surface area contributed by atoms with Gasteiger partial charge in [0.05, 0.1) is 12.8 Å². The molecular weight excluding hydrogens is 532 g/mol. The number of halogens is 1. The van der Waals surface area contributed by atoms with E-state index in [4.69, 9.17) is 9.15 Å². The molecule has 1 amide bonds. The van der Waals surface area contributed by atoms with Crippen LogP contribution in [0.4, 0.5) is 0 Å². The van der Waals surface area contributed by atoms with Crippen LogP contribution in [-0.2, 0) is 27.3 Å². The third-order valence-corrected chi connectivity index (χ3v) is 6.68. The van der Waals surface area contributed by atoms with Crippen molar-refractivity contribution in [1.82, 2.24) is 9.88 Å². The van der Waals surface area contributed by atoms with Gasteiger partial charge in [0.1, 0.15) is 23.2 Å². The van der Waals surface area contributed by atoms with Gasteiger partial charge in [-0.25, -0.2) is 0 Å². The first kappa shape index (κ1) is 26.7. The summed E-state index contributed by atoms with van der Waals surface area (Å²) in [5, 5.41) is 4.18. The molecule has 194 valence electrons. The summed E-state index contributed by atoms with van der Waals surface area (Å²) in [5.41, 5.74) is 3.50. The Morgan fingerprint density at radius 1 is 1.05 bits per heavy atom. The molecule has 2 heterocycles. The standard InChI is InChI=1S/C30H33BrN2O4/c1-19-6-9-23(24(31)16-19)29(26-11-7-20(2)36-26)32-27(34)18-21-8-10-25-22(17-21)12-14-33(25)15-13-28(35)37-30(3,4)5/h6-12,14,16-17,29H,13,15,18H2,1-5H3,(H,32,34). The van der Waals surface area contributed by atoms with Gasteiger partial charge in [-0.2, -0.15) is 0 Å². The number of carbonyl (C=O) groups is 2.